The molecule has 146 valence electrons. The number of aromatic nitrogens is 2. The first-order valence-corrected chi connectivity index (χ1v) is 9.60. The number of fused-ring (bicyclic) bond motifs is 4. The van der Waals surface area contributed by atoms with Crippen molar-refractivity contribution in [2.24, 2.45) is 0 Å². The van der Waals surface area contributed by atoms with Crippen molar-refractivity contribution in [1.29, 1.82) is 0 Å². The van der Waals surface area contributed by atoms with E-state index in [1.54, 1.807) is 0 Å². The third kappa shape index (κ3) is 2.77. The molecule has 7 heteroatoms. The molecule has 0 radical (unpaired) electrons. The Hall–Kier alpha value is -3.61. The maximum absolute atomic E-state index is 12.1. The number of allylic oxidation sites excluding steroid dienone is 1. The molecule has 7 nitrogen and oxygen atoms in total. The summed E-state index contributed by atoms with van der Waals surface area (Å²) in [6.07, 6.45) is 2.79. The van der Waals surface area contributed by atoms with E-state index < -0.39 is 0 Å². The lowest BCUT2D eigenvalue weighted by atomic mass is 9.99. The highest BCUT2D eigenvalue weighted by Gasteiger charge is 2.25. The van der Waals surface area contributed by atoms with Crippen LogP contribution in [0.2, 0.25) is 0 Å². The van der Waals surface area contributed by atoms with E-state index in [1.807, 2.05) is 35.8 Å². The van der Waals surface area contributed by atoms with Crippen molar-refractivity contribution in [3.05, 3.63) is 59.6 Å². The van der Waals surface area contributed by atoms with Gasteiger partial charge in [0.15, 0.2) is 0 Å². The fourth-order valence-corrected chi connectivity index (χ4v) is 4.00. The van der Waals surface area contributed by atoms with Crippen molar-refractivity contribution in [3.63, 3.8) is 0 Å². The Balaban J connectivity index is 1.58. The number of amides is 2. The normalized spacial score (nSPS) is 15.7. The summed E-state index contributed by atoms with van der Waals surface area (Å²) in [6, 6.07) is 7.84. The Morgan fingerprint density at radius 2 is 2.21 bits per heavy atom. The summed E-state index contributed by atoms with van der Waals surface area (Å²) in [5, 5.41) is 6.74. The van der Waals surface area contributed by atoms with Crippen molar-refractivity contribution >= 4 is 28.4 Å². The minimum atomic E-state index is -0.267. The standard InChI is InChI=1S/C22H20N4O3/c1-3-18(27)24-19-12(2)4-7-17-20(19)25-22(29-17)14-6-5-13-10-16-21(28)23-8-9-26(16)15(13)11-14/h3,5-6,10-11H,1,4,7-9H2,2H3,(H,23,28)(H,24,27). The first-order chi connectivity index (χ1) is 14.0. The van der Waals surface area contributed by atoms with Crippen LogP contribution in [0.25, 0.3) is 28.1 Å². The van der Waals surface area contributed by atoms with Crippen molar-refractivity contribution in [2.75, 3.05) is 6.54 Å². The van der Waals surface area contributed by atoms with Crippen LogP contribution >= 0.6 is 0 Å². The molecule has 0 saturated heterocycles. The Bertz CT molecular complexity index is 1230. The maximum Gasteiger partial charge on any atom is 0.268 e. The van der Waals surface area contributed by atoms with E-state index in [0.717, 1.165) is 47.2 Å². The van der Waals surface area contributed by atoms with E-state index in [0.29, 0.717) is 29.5 Å². The summed E-state index contributed by atoms with van der Waals surface area (Å²) in [6.45, 7) is 6.85. The summed E-state index contributed by atoms with van der Waals surface area (Å²) in [4.78, 5) is 28.6. The van der Waals surface area contributed by atoms with Gasteiger partial charge in [-0.2, -0.15) is 0 Å². The monoisotopic (exact) mass is 388 g/mol. The number of carbonyl (C=O) groups is 2. The zero-order valence-electron chi connectivity index (χ0n) is 16.0. The molecule has 2 aromatic heterocycles. The van der Waals surface area contributed by atoms with E-state index in [2.05, 4.69) is 17.2 Å². The van der Waals surface area contributed by atoms with Crippen LogP contribution in [0.1, 0.15) is 35.3 Å². The number of nitrogens with one attached hydrogen (secondary N) is 2. The van der Waals surface area contributed by atoms with Gasteiger partial charge in [0.05, 0.1) is 5.70 Å². The Labute approximate surface area is 167 Å². The second-order valence-corrected chi connectivity index (χ2v) is 7.35. The lowest BCUT2D eigenvalue weighted by molar-refractivity contribution is -0.115. The number of oxazole rings is 1. The molecule has 1 aromatic carbocycles. The predicted molar refractivity (Wildman–Crippen MR) is 109 cm³/mol. The van der Waals surface area contributed by atoms with Gasteiger partial charge in [0, 0.05) is 36.0 Å². The van der Waals surface area contributed by atoms with Gasteiger partial charge in [0.25, 0.3) is 5.91 Å². The Morgan fingerprint density at radius 3 is 3.03 bits per heavy atom. The highest BCUT2D eigenvalue weighted by molar-refractivity contribution is 6.00. The van der Waals surface area contributed by atoms with Crippen LogP contribution in [-0.4, -0.2) is 27.9 Å². The molecule has 3 heterocycles. The van der Waals surface area contributed by atoms with Gasteiger partial charge in [-0.15, -0.1) is 0 Å². The molecular formula is C22H20N4O3. The molecule has 2 amide bonds. The summed E-state index contributed by atoms with van der Waals surface area (Å²) in [5.41, 5.74) is 4.93. The van der Waals surface area contributed by atoms with Crippen LogP contribution in [0, 0.1) is 0 Å². The molecule has 0 fully saturated rings. The molecule has 1 aliphatic carbocycles. The maximum atomic E-state index is 12.1. The number of benzene rings is 1. The van der Waals surface area contributed by atoms with Gasteiger partial charge in [-0.3, -0.25) is 9.59 Å². The Morgan fingerprint density at radius 1 is 1.34 bits per heavy atom. The van der Waals surface area contributed by atoms with Crippen molar-refractivity contribution in [3.8, 4) is 11.5 Å². The molecule has 0 spiro atoms. The second-order valence-electron chi connectivity index (χ2n) is 7.35. The van der Waals surface area contributed by atoms with Crippen LogP contribution < -0.4 is 10.6 Å². The number of rotatable bonds is 3. The Kier molecular flexibility index (Phi) is 3.91. The third-order valence-corrected chi connectivity index (χ3v) is 5.53. The number of hydrogen-bond donors (Lipinski definition) is 2. The quantitative estimate of drug-likeness (QED) is 0.675. The smallest absolute Gasteiger partial charge is 0.268 e. The van der Waals surface area contributed by atoms with Crippen LogP contribution in [0.3, 0.4) is 0 Å². The van der Waals surface area contributed by atoms with Gasteiger partial charge < -0.3 is 19.6 Å². The van der Waals surface area contributed by atoms with E-state index in [4.69, 9.17) is 9.40 Å². The number of nitrogens with zero attached hydrogens (tertiary/aromatic N) is 2. The average molecular weight is 388 g/mol. The largest absolute Gasteiger partial charge is 0.440 e. The molecule has 0 saturated carbocycles. The fraction of sp³-hybridized carbons (Fsp3) is 0.227. The minimum absolute atomic E-state index is 0.0520. The molecule has 0 bridgehead atoms. The second kappa shape index (κ2) is 6.48. The minimum Gasteiger partial charge on any atom is -0.440 e. The summed E-state index contributed by atoms with van der Waals surface area (Å²) >= 11 is 0. The fourth-order valence-electron chi connectivity index (χ4n) is 4.00. The molecule has 5 rings (SSSR count). The average Bonchev–Trinajstić information content (AvgIpc) is 3.32. The lowest BCUT2D eigenvalue weighted by Crippen LogP contribution is -2.34. The highest BCUT2D eigenvalue weighted by Crippen LogP contribution is 2.34. The number of aryl methyl sites for hydroxylation is 1. The zero-order chi connectivity index (χ0) is 20.1. The van der Waals surface area contributed by atoms with E-state index in [-0.39, 0.29) is 11.8 Å². The first-order valence-electron chi connectivity index (χ1n) is 9.60. The molecule has 29 heavy (non-hydrogen) atoms. The van der Waals surface area contributed by atoms with Gasteiger partial charge in [-0.05, 0) is 43.2 Å². The lowest BCUT2D eigenvalue weighted by Gasteiger charge is -2.16. The van der Waals surface area contributed by atoms with Crippen LogP contribution in [0.5, 0.6) is 0 Å². The van der Waals surface area contributed by atoms with Gasteiger partial charge in [-0.25, -0.2) is 4.98 Å². The van der Waals surface area contributed by atoms with Gasteiger partial charge in [-0.1, -0.05) is 12.6 Å². The zero-order valence-corrected chi connectivity index (χ0v) is 16.0. The van der Waals surface area contributed by atoms with E-state index >= 15 is 0 Å². The van der Waals surface area contributed by atoms with E-state index in [1.165, 1.54) is 6.08 Å². The molecule has 3 aromatic rings. The summed E-state index contributed by atoms with van der Waals surface area (Å²) in [7, 11) is 0. The van der Waals surface area contributed by atoms with Crippen molar-refractivity contribution in [1.82, 2.24) is 20.2 Å². The van der Waals surface area contributed by atoms with E-state index in [9.17, 15) is 9.59 Å². The van der Waals surface area contributed by atoms with Crippen LogP contribution in [0.15, 0.2) is 46.9 Å². The highest BCUT2D eigenvalue weighted by atomic mass is 16.4. The van der Waals surface area contributed by atoms with Crippen molar-refractivity contribution < 1.29 is 14.0 Å². The predicted octanol–water partition coefficient (Wildman–Crippen LogP) is 3.02. The number of carbonyl (C=O) groups excluding carboxylic acids is 2. The third-order valence-electron chi connectivity index (χ3n) is 5.53. The topological polar surface area (TPSA) is 89.2 Å². The van der Waals surface area contributed by atoms with Gasteiger partial charge >= 0.3 is 0 Å². The number of hydrogen-bond acceptors (Lipinski definition) is 4. The van der Waals surface area contributed by atoms with Gasteiger partial charge in [0.2, 0.25) is 11.8 Å². The SMILES string of the molecule is C=CC(=O)NC1=C(C)CCc2oc(-c3ccc4cc5n(c4c3)CCNC5=O)nc21. The summed E-state index contributed by atoms with van der Waals surface area (Å²) < 4.78 is 8.09. The summed E-state index contributed by atoms with van der Waals surface area (Å²) in [5.74, 6) is 0.953. The van der Waals surface area contributed by atoms with Crippen LogP contribution in [0.4, 0.5) is 0 Å². The van der Waals surface area contributed by atoms with Crippen molar-refractivity contribution in [2.45, 2.75) is 26.3 Å². The van der Waals surface area contributed by atoms with Gasteiger partial charge in [0.1, 0.15) is 17.1 Å². The van der Waals surface area contributed by atoms with Crippen LogP contribution in [-0.2, 0) is 17.8 Å². The first kappa shape index (κ1) is 17.5. The molecule has 1 aliphatic heterocycles. The molecule has 2 N–H and O–H groups in total. The molecule has 0 unspecified atom stereocenters. The molecular weight excluding hydrogens is 368 g/mol. The molecule has 0 atom stereocenters. The molecule has 2 aliphatic rings.